The summed E-state index contributed by atoms with van der Waals surface area (Å²) < 4.78 is 11.1. The first-order valence-corrected chi connectivity index (χ1v) is 8.39. The SMILES string of the molecule is CCN(CC)P(OCc1ccccc1)N(CC)CC. The van der Waals surface area contributed by atoms with E-state index in [1.165, 1.54) is 5.56 Å². The summed E-state index contributed by atoms with van der Waals surface area (Å²) in [5.41, 5.74) is 1.24. The van der Waals surface area contributed by atoms with Gasteiger partial charge < -0.3 is 4.52 Å². The van der Waals surface area contributed by atoms with Crippen molar-refractivity contribution in [2.75, 3.05) is 26.2 Å². The van der Waals surface area contributed by atoms with Gasteiger partial charge in [-0.1, -0.05) is 58.0 Å². The van der Waals surface area contributed by atoms with Crippen molar-refractivity contribution in [3.63, 3.8) is 0 Å². The van der Waals surface area contributed by atoms with Gasteiger partial charge in [0.25, 0.3) is 0 Å². The number of rotatable bonds is 9. The number of hydrogen-bond acceptors (Lipinski definition) is 3. The van der Waals surface area contributed by atoms with E-state index in [0.717, 1.165) is 26.2 Å². The van der Waals surface area contributed by atoms with Crippen LogP contribution in [0.5, 0.6) is 0 Å². The van der Waals surface area contributed by atoms with Crippen molar-refractivity contribution in [1.29, 1.82) is 0 Å². The highest BCUT2D eigenvalue weighted by atomic mass is 31.2. The summed E-state index contributed by atoms with van der Waals surface area (Å²) >= 11 is 0. The number of benzene rings is 1. The smallest absolute Gasteiger partial charge is 0.188 e. The highest BCUT2D eigenvalue weighted by molar-refractivity contribution is 7.47. The summed E-state index contributed by atoms with van der Waals surface area (Å²) in [5.74, 6) is 0. The first kappa shape index (κ1) is 16.6. The minimum Gasteiger partial charge on any atom is -0.327 e. The largest absolute Gasteiger partial charge is 0.327 e. The second-order valence-corrected chi connectivity index (χ2v) is 6.18. The molecule has 0 aliphatic heterocycles. The number of hydrogen-bond donors (Lipinski definition) is 0. The van der Waals surface area contributed by atoms with Crippen molar-refractivity contribution >= 4 is 8.45 Å². The molecular weight excluding hydrogens is 255 g/mol. The molecule has 108 valence electrons. The molecule has 0 N–H and O–H groups in total. The molecule has 1 rings (SSSR count). The Balaban J connectivity index is 2.68. The van der Waals surface area contributed by atoms with Crippen LogP contribution in [0.3, 0.4) is 0 Å². The molecular formula is C15H27N2OP. The normalized spacial score (nSPS) is 11.7. The van der Waals surface area contributed by atoms with Crippen molar-refractivity contribution in [2.45, 2.75) is 34.3 Å². The minimum atomic E-state index is -0.645. The first-order chi connectivity index (χ1) is 9.26. The molecule has 0 aromatic heterocycles. The van der Waals surface area contributed by atoms with E-state index in [-0.39, 0.29) is 0 Å². The Labute approximate surface area is 119 Å². The van der Waals surface area contributed by atoms with E-state index in [1.54, 1.807) is 0 Å². The van der Waals surface area contributed by atoms with Crippen LogP contribution in [0.15, 0.2) is 30.3 Å². The van der Waals surface area contributed by atoms with Crippen molar-refractivity contribution in [3.8, 4) is 0 Å². The van der Waals surface area contributed by atoms with Crippen LogP contribution in [0.2, 0.25) is 0 Å². The summed E-state index contributed by atoms with van der Waals surface area (Å²) in [7, 11) is -0.645. The maximum Gasteiger partial charge on any atom is 0.188 e. The zero-order valence-corrected chi connectivity index (χ0v) is 13.6. The van der Waals surface area contributed by atoms with Gasteiger partial charge in [-0.05, 0) is 5.56 Å². The molecule has 0 bridgehead atoms. The predicted octanol–water partition coefficient (Wildman–Crippen LogP) is 4.11. The van der Waals surface area contributed by atoms with Crippen LogP contribution in [0.25, 0.3) is 0 Å². The summed E-state index contributed by atoms with van der Waals surface area (Å²) in [5, 5.41) is 0. The topological polar surface area (TPSA) is 15.7 Å². The maximum absolute atomic E-state index is 6.23. The zero-order chi connectivity index (χ0) is 14.1. The molecule has 3 nitrogen and oxygen atoms in total. The minimum absolute atomic E-state index is 0.645. The van der Waals surface area contributed by atoms with Gasteiger partial charge in [0.05, 0.1) is 6.61 Å². The summed E-state index contributed by atoms with van der Waals surface area (Å²) in [6, 6.07) is 10.4. The van der Waals surface area contributed by atoms with Gasteiger partial charge in [-0.25, -0.2) is 9.34 Å². The molecule has 0 radical (unpaired) electrons. The van der Waals surface area contributed by atoms with E-state index < -0.39 is 8.45 Å². The van der Waals surface area contributed by atoms with Crippen molar-refractivity contribution in [1.82, 2.24) is 9.34 Å². The lowest BCUT2D eigenvalue weighted by molar-refractivity contribution is 0.256. The third-order valence-corrected chi connectivity index (χ3v) is 5.59. The van der Waals surface area contributed by atoms with E-state index in [9.17, 15) is 0 Å². The Morgan fingerprint density at radius 1 is 0.842 bits per heavy atom. The van der Waals surface area contributed by atoms with E-state index in [4.69, 9.17) is 4.52 Å². The van der Waals surface area contributed by atoms with Crippen LogP contribution in [0, 0.1) is 0 Å². The molecule has 0 heterocycles. The van der Waals surface area contributed by atoms with Gasteiger partial charge in [-0.3, -0.25) is 0 Å². The van der Waals surface area contributed by atoms with Crippen molar-refractivity contribution in [3.05, 3.63) is 35.9 Å². The highest BCUT2D eigenvalue weighted by Crippen LogP contribution is 2.45. The fourth-order valence-electron chi connectivity index (χ4n) is 1.98. The van der Waals surface area contributed by atoms with Gasteiger partial charge >= 0.3 is 0 Å². The predicted molar refractivity (Wildman–Crippen MR) is 84.0 cm³/mol. The van der Waals surface area contributed by atoms with Gasteiger partial charge in [0.15, 0.2) is 8.45 Å². The summed E-state index contributed by atoms with van der Waals surface area (Å²) in [6.07, 6.45) is 0. The third kappa shape index (κ3) is 5.19. The lowest BCUT2D eigenvalue weighted by Gasteiger charge is -2.36. The van der Waals surface area contributed by atoms with Crippen LogP contribution in [0.4, 0.5) is 0 Å². The average Bonchev–Trinajstić information content (AvgIpc) is 2.47. The molecule has 0 aliphatic rings. The lowest BCUT2D eigenvalue weighted by Crippen LogP contribution is -2.29. The zero-order valence-electron chi connectivity index (χ0n) is 12.7. The fourth-order valence-corrected chi connectivity index (χ4v) is 3.90. The lowest BCUT2D eigenvalue weighted by atomic mass is 10.2. The van der Waals surface area contributed by atoms with Crippen LogP contribution >= 0.6 is 8.45 Å². The van der Waals surface area contributed by atoms with Gasteiger partial charge in [-0.15, -0.1) is 0 Å². The van der Waals surface area contributed by atoms with E-state index in [2.05, 4.69) is 61.3 Å². The Morgan fingerprint density at radius 3 is 1.74 bits per heavy atom. The summed E-state index contributed by atoms with van der Waals surface area (Å²) in [6.45, 7) is 13.6. The average molecular weight is 282 g/mol. The quantitative estimate of drug-likeness (QED) is 0.634. The number of nitrogens with zero attached hydrogens (tertiary/aromatic N) is 2. The highest BCUT2D eigenvalue weighted by Gasteiger charge is 2.23. The second kappa shape index (κ2) is 9.44. The molecule has 1 aromatic carbocycles. The molecule has 0 saturated carbocycles. The third-order valence-electron chi connectivity index (χ3n) is 3.13. The molecule has 19 heavy (non-hydrogen) atoms. The Morgan fingerprint density at radius 2 is 1.32 bits per heavy atom. The molecule has 0 atom stereocenters. The monoisotopic (exact) mass is 282 g/mol. The van der Waals surface area contributed by atoms with Crippen molar-refractivity contribution < 1.29 is 4.52 Å². The molecule has 0 aliphatic carbocycles. The second-order valence-electron chi connectivity index (χ2n) is 4.29. The van der Waals surface area contributed by atoms with Gasteiger partial charge in [0.1, 0.15) is 0 Å². The van der Waals surface area contributed by atoms with Gasteiger partial charge in [-0.2, -0.15) is 0 Å². The molecule has 0 spiro atoms. The van der Waals surface area contributed by atoms with E-state index in [1.807, 2.05) is 6.07 Å². The molecule has 4 heteroatoms. The van der Waals surface area contributed by atoms with E-state index in [0.29, 0.717) is 6.61 Å². The molecule has 1 aromatic rings. The molecule has 0 amide bonds. The van der Waals surface area contributed by atoms with Crippen LogP contribution in [-0.2, 0) is 11.1 Å². The van der Waals surface area contributed by atoms with Crippen molar-refractivity contribution in [2.24, 2.45) is 0 Å². The molecule has 0 saturated heterocycles. The fraction of sp³-hybridized carbons (Fsp3) is 0.600. The Bertz CT molecular complexity index is 314. The van der Waals surface area contributed by atoms with Gasteiger partial charge in [0.2, 0.25) is 0 Å². The van der Waals surface area contributed by atoms with E-state index >= 15 is 0 Å². The molecule has 0 fully saturated rings. The first-order valence-electron chi connectivity index (χ1n) is 7.23. The maximum atomic E-state index is 6.23. The summed E-state index contributed by atoms with van der Waals surface area (Å²) in [4.78, 5) is 0. The standard InChI is InChI=1S/C15H27N2OP/c1-5-16(6-2)19(17(7-3)8-4)18-14-15-12-10-9-11-13-15/h9-13H,5-8,14H2,1-4H3. The van der Waals surface area contributed by atoms with Crippen LogP contribution < -0.4 is 0 Å². The Hall–Kier alpha value is -0.470. The van der Waals surface area contributed by atoms with Gasteiger partial charge in [0, 0.05) is 26.2 Å². The van der Waals surface area contributed by atoms with Crippen LogP contribution in [-0.4, -0.2) is 35.5 Å². The van der Waals surface area contributed by atoms with Crippen LogP contribution in [0.1, 0.15) is 33.3 Å². The molecule has 0 unspecified atom stereocenters. The Kier molecular flexibility index (Phi) is 8.24.